The molecule has 180 valence electrons. The molecule has 0 saturated heterocycles. The molecule has 2 N–H and O–H groups in total. The molecule has 2 aromatic carbocycles. The van der Waals surface area contributed by atoms with Gasteiger partial charge >= 0.3 is 0 Å². The first-order chi connectivity index (χ1) is 13.5. The van der Waals surface area contributed by atoms with Gasteiger partial charge in [-0.3, -0.25) is 0 Å². The van der Waals surface area contributed by atoms with Crippen LogP contribution in [0, 0.1) is 21.3 Å². The molecule has 0 spiro atoms. The Morgan fingerprint density at radius 3 is 1.19 bits per heavy atom. The number of rotatable bonds is 3. The van der Waals surface area contributed by atoms with E-state index in [1.165, 1.54) is 0 Å². The summed E-state index contributed by atoms with van der Waals surface area (Å²) in [6.45, 7) is 20.1. The molecule has 0 atom stereocenters. The van der Waals surface area contributed by atoms with E-state index in [0.717, 1.165) is 33.4 Å². The molecule has 2 rings (SSSR count). The number of aryl methyl sites for hydroxylation is 4. The quantitative estimate of drug-likeness (QED) is 0.468. The SMILES string of the molecule is CC(C)[O-].Cc1cc(CCc2cc(C)cc(C(C)(C)C)c2O)c(O)c(C(C)(C)C)c1.[CH3-].[Zr]. The molecule has 0 amide bonds. The van der Waals surface area contributed by atoms with Crippen molar-refractivity contribution in [1.29, 1.82) is 0 Å². The minimum absolute atomic E-state index is 0. The van der Waals surface area contributed by atoms with Crippen molar-refractivity contribution < 1.29 is 41.5 Å². The van der Waals surface area contributed by atoms with Crippen LogP contribution in [0.2, 0.25) is 0 Å². The molecule has 0 radical (unpaired) electrons. The van der Waals surface area contributed by atoms with Gasteiger partial charge in [0.25, 0.3) is 0 Å². The molecule has 3 nitrogen and oxygen atoms in total. The van der Waals surface area contributed by atoms with Crippen molar-refractivity contribution in [2.45, 2.75) is 99.0 Å². The Bertz CT molecular complexity index is 784. The van der Waals surface area contributed by atoms with E-state index in [2.05, 4.69) is 79.7 Å². The summed E-state index contributed by atoms with van der Waals surface area (Å²) < 4.78 is 0. The van der Waals surface area contributed by atoms with E-state index in [1.807, 2.05) is 0 Å². The molecule has 4 heteroatoms. The van der Waals surface area contributed by atoms with E-state index >= 15 is 0 Å². The molecule has 0 aliphatic heterocycles. The fourth-order valence-electron chi connectivity index (χ4n) is 3.50. The Kier molecular flexibility index (Phi) is 13.4. The monoisotopic (exact) mass is 518 g/mol. The minimum atomic E-state index is -0.417. The molecule has 2 aromatic rings. The van der Waals surface area contributed by atoms with Gasteiger partial charge in [-0.25, -0.2) is 0 Å². The van der Waals surface area contributed by atoms with Crippen LogP contribution >= 0.6 is 0 Å². The molecule has 0 aromatic heterocycles. The van der Waals surface area contributed by atoms with Gasteiger partial charge in [0.2, 0.25) is 0 Å². The number of benzene rings is 2. The zero-order valence-electron chi connectivity index (χ0n) is 22.1. The van der Waals surface area contributed by atoms with Crippen LogP contribution in [-0.4, -0.2) is 16.3 Å². The molecule has 0 aliphatic rings. The van der Waals surface area contributed by atoms with Crippen LogP contribution in [0.3, 0.4) is 0 Å². The van der Waals surface area contributed by atoms with Crippen LogP contribution in [0.1, 0.15) is 88.8 Å². The van der Waals surface area contributed by atoms with Gasteiger partial charge in [0.1, 0.15) is 11.5 Å². The van der Waals surface area contributed by atoms with Crippen molar-refractivity contribution in [3.8, 4) is 11.5 Å². The first kappa shape index (κ1) is 33.1. The number of aromatic hydroxyl groups is 2. The smallest absolute Gasteiger partial charge is 0.122 e. The maximum atomic E-state index is 10.8. The molecule has 0 aliphatic carbocycles. The van der Waals surface area contributed by atoms with Crippen LogP contribution in [-0.2, 0) is 49.9 Å². The van der Waals surface area contributed by atoms with E-state index in [1.54, 1.807) is 13.8 Å². The van der Waals surface area contributed by atoms with Crippen LogP contribution in [0.25, 0.3) is 0 Å². The average molecular weight is 520 g/mol. The fraction of sp³-hybridized carbons (Fsp3) is 0.536. The summed E-state index contributed by atoms with van der Waals surface area (Å²) in [6, 6.07) is 8.26. The van der Waals surface area contributed by atoms with Crippen molar-refractivity contribution >= 4 is 0 Å². The van der Waals surface area contributed by atoms with Crippen molar-refractivity contribution in [2.75, 3.05) is 0 Å². The molecular formula is C28H44O3Zr-2. The Morgan fingerprint density at radius 2 is 0.969 bits per heavy atom. The summed E-state index contributed by atoms with van der Waals surface area (Å²) in [6.07, 6.45) is 0.994. The second-order valence-electron chi connectivity index (χ2n) is 10.7. The fourth-order valence-corrected chi connectivity index (χ4v) is 3.50. The predicted octanol–water partition coefficient (Wildman–Crippen LogP) is 6.30. The first-order valence-electron chi connectivity index (χ1n) is 10.9. The second kappa shape index (κ2) is 12.9. The number of hydrogen-bond donors (Lipinski definition) is 2. The van der Waals surface area contributed by atoms with Crippen LogP contribution in [0.4, 0.5) is 0 Å². The molecule has 0 bridgehead atoms. The van der Waals surface area contributed by atoms with Crippen molar-refractivity contribution in [3.05, 3.63) is 65.1 Å². The predicted molar refractivity (Wildman–Crippen MR) is 132 cm³/mol. The molecule has 0 unspecified atom stereocenters. The van der Waals surface area contributed by atoms with Gasteiger partial charge in [-0.05, 0) is 59.8 Å². The largest absolute Gasteiger partial charge is 0.852 e. The normalized spacial score (nSPS) is 11.2. The topological polar surface area (TPSA) is 63.5 Å². The Balaban J connectivity index is 0. The standard InChI is InChI=1S/C24H34O2.C3H7O.CH3.Zr/c1-15-11-17(21(25)19(13-15)23(3,4)5)9-10-18-12-16(2)14-20(22(18)26)24(6,7)8;1-3(2)4;;/h11-14,25-26H,9-10H2,1-8H3;3H,1-2H3;1H3;/q;2*-1;. The van der Waals surface area contributed by atoms with Crippen LogP contribution < -0.4 is 5.11 Å². The zero-order valence-corrected chi connectivity index (χ0v) is 24.6. The van der Waals surface area contributed by atoms with Gasteiger partial charge < -0.3 is 22.7 Å². The van der Waals surface area contributed by atoms with Crippen molar-refractivity contribution in [1.82, 2.24) is 0 Å². The van der Waals surface area contributed by atoms with Gasteiger partial charge in [0, 0.05) is 26.2 Å². The molecule has 0 fully saturated rings. The first-order valence-corrected chi connectivity index (χ1v) is 10.9. The van der Waals surface area contributed by atoms with E-state index in [4.69, 9.17) is 0 Å². The number of phenols is 2. The summed E-state index contributed by atoms with van der Waals surface area (Å²) in [5.74, 6) is 0.789. The number of phenolic OH excluding ortho intramolecular Hbond substituents is 2. The van der Waals surface area contributed by atoms with Crippen molar-refractivity contribution in [3.63, 3.8) is 0 Å². The maximum Gasteiger partial charge on any atom is 0.122 e. The Morgan fingerprint density at radius 1 is 0.719 bits per heavy atom. The second-order valence-corrected chi connectivity index (χ2v) is 10.7. The van der Waals surface area contributed by atoms with E-state index in [0.29, 0.717) is 24.3 Å². The maximum absolute atomic E-state index is 10.8. The average Bonchev–Trinajstić information content (AvgIpc) is 2.55. The molecule has 32 heavy (non-hydrogen) atoms. The summed E-state index contributed by atoms with van der Waals surface area (Å²) in [4.78, 5) is 0. The van der Waals surface area contributed by atoms with Crippen LogP contribution in [0.15, 0.2) is 24.3 Å². The summed E-state index contributed by atoms with van der Waals surface area (Å²) in [5.41, 5.74) is 5.98. The van der Waals surface area contributed by atoms with Gasteiger partial charge in [0.15, 0.2) is 0 Å². The van der Waals surface area contributed by atoms with Gasteiger partial charge in [-0.2, -0.15) is 0 Å². The summed E-state index contributed by atoms with van der Waals surface area (Å²) >= 11 is 0. The van der Waals surface area contributed by atoms with Gasteiger partial charge in [-0.1, -0.05) is 90.8 Å². The summed E-state index contributed by atoms with van der Waals surface area (Å²) in [5, 5.41) is 31.1. The minimum Gasteiger partial charge on any atom is -0.852 e. The van der Waals surface area contributed by atoms with E-state index in [-0.39, 0.29) is 44.5 Å². The summed E-state index contributed by atoms with van der Waals surface area (Å²) in [7, 11) is 0. The Hall–Kier alpha value is -1.12. The third-order valence-electron chi connectivity index (χ3n) is 4.95. The number of hydrogen-bond acceptors (Lipinski definition) is 3. The molecule has 0 heterocycles. The van der Waals surface area contributed by atoms with Crippen LogP contribution in [0.5, 0.6) is 11.5 Å². The van der Waals surface area contributed by atoms with Crippen molar-refractivity contribution in [2.24, 2.45) is 0 Å². The third-order valence-corrected chi connectivity index (χ3v) is 4.95. The van der Waals surface area contributed by atoms with Gasteiger partial charge in [0.05, 0.1) is 0 Å². The van der Waals surface area contributed by atoms with E-state index < -0.39 is 6.10 Å². The van der Waals surface area contributed by atoms with E-state index in [9.17, 15) is 15.3 Å². The zero-order chi connectivity index (χ0) is 23.4. The van der Waals surface area contributed by atoms with Gasteiger partial charge in [-0.15, -0.1) is 6.10 Å². The third kappa shape index (κ3) is 9.79. The Labute approximate surface area is 216 Å². The molecular weight excluding hydrogens is 476 g/mol. The molecule has 0 saturated carbocycles.